The normalized spacial score (nSPS) is 28.9. The van der Waals surface area contributed by atoms with E-state index in [1.165, 1.54) is 6.33 Å². The summed E-state index contributed by atoms with van der Waals surface area (Å²) in [5, 5.41) is 2.36. The van der Waals surface area contributed by atoms with Crippen LogP contribution in [0, 0.1) is 6.92 Å². The second-order valence-corrected chi connectivity index (χ2v) is 9.67. The maximum atomic E-state index is 6.37. The topological polar surface area (TPSA) is 84.2 Å². The molecule has 3 aromatic rings. The molecule has 3 aromatic heterocycles. The Morgan fingerprint density at radius 2 is 2.07 bits per heavy atom. The smallest absolute Gasteiger partial charge is 0.167 e. The molecule has 0 spiro atoms. The number of ether oxygens (including phenoxy) is 3. The molecule has 0 saturated carbocycles. The predicted molar refractivity (Wildman–Crippen MR) is 106 cm³/mol. The van der Waals surface area contributed by atoms with Crippen molar-refractivity contribution in [2.75, 3.05) is 5.75 Å². The van der Waals surface area contributed by atoms with Gasteiger partial charge in [-0.15, -0.1) is 11.3 Å². The first-order chi connectivity index (χ1) is 13.4. The van der Waals surface area contributed by atoms with Gasteiger partial charge in [0.1, 0.15) is 28.4 Å². The zero-order chi connectivity index (χ0) is 19.5. The molecule has 0 bridgehead atoms. The van der Waals surface area contributed by atoms with Gasteiger partial charge in [-0.3, -0.25) is 4.57 Å². The minimum atomic E-state index is -0.679. The molecule has 0 radical (unpaired) electrons. The van der Waals surface area contributed by atoms with Crippen LogP contribution in [0.1, 0.15) is 25.8 Å². The fourth-order valence-electron chi connectivity index (χ4n) is 3.58. The summed E-state index contributed by atoms with van der Waals surface area (Å²) in [7, 11) is 0. The molecule has 0 N–H and O–H groups in total. The van der Waals surface area contributed by atoms with Gasteiger partial charge in [0, 0.05) is 16.8 Å². The number of rotatable bonds is 4. The average molecular weight is 440 g/mol. The van der Waals surface area contributed by atoms with Crippen molar-refractivity contribution in [1.82, 2.24) is 24.5 Å². The summed E-state index contributed by atoms with van der Waals surface area (Å²) < 4.78 is 21.6. The van der Waals surface area contributed by atoms with Crippen LogP contribution in [-0.2, 0) is 14.2 Å². The molecule has 5 heterocycles. The van der Waals surface area contributed by atoms with Crippen LogP contribution >= 0.6 is 34.7 Å². The Kier molecular flexibility index (Phi) is 4.61. The third-order valence-corrected chi connectivity index (χ3v) is 7.19. The van der Waals surface area contributed by atoms with E-state index in [1.807, 2.05) is 30.7 Å². The molecule has 0 aliphatic carbocycles. The van der Waals surface area contributed by atoms with E-state index >= 15 is 0 Å². The van der Waals surface area contributed by atoms with Gasteiger partial charge >= 0.3 is 0 Å². The van der Waals surface area contributed by atoms with Gasteiger partial charge in [-0.05, 0) is 20.8 Å². The molecule has 11 heteroatoms. The summed E-state index contributed by atoms with van der Waals surface area (Å²) in [6.45, 7) is 5.83. The summed E-state index contributed by atoms with van der Waals surface area (Å²) in [5.74, 6) is 0.0352. The number of imidazole rings is 1. The molecule has 148 valence electrons. The first-order valence-electron chi connectivity index (χ1n) is 8.80. The summed E-state index contributed by atoms with van der Waals surface area (Å²) in [6, 6.07) is 0. The number of aromatic nitrogens is 5. The zero-order valence-electron chi connectivity index (χ0n) is 15.4. The third kappa shape index (κ3) is 3.21. The van der Waals surface area contributed by atoms with E-state index in [0.29, 0.717) is 22.1 Å². The van der Waals surface area contributed by atoms with E-state index in [2.05, 4.69) is 19.9 Å². The summed E-state index contributed by atoms with van der Waals surface area (Å²) in [4.78, 5) is 17.2. The molecule has 0 aromatic carbocycles. The van der Waals surface area contributed by atoms with Crippen molar-refractivity contribution in [3.05, 3.63) is 28.9 Å². The fraction of sp³-hybridized carbons (Fsp3) is 0.529. The van der Waals surface area contributed by atoms with E-state index < -0.39 is 12.0 Å². The first kappa shape index (κ1) is 18.7. The van der Waals surface area contributed by atoms with Crippen molar-refractivity contribution in [3.8, 4) is 0 Å². The van der Waals surface area contributed by atoms with Crippen molar-refractivity contribution in [3.63, 3.8) is 0 Å². The highest BCUT2D eigenvalue weighted by Crippen LogP contribution is 2.45. The number of aryl methyl sites for hydroxylation is 1. The highest BCUT2D eigenvalue weighted by atomic mass is 35.5. The van der Waals surface area contributed by atoms with Crippen molar-refractivity contribution in [2.24, 2.45) is 0 Å². The van der Waals surface area contributed by atoms with Crippen LogP contribution in [0.4, 0.5) is 0 Å². The number of fused-ring (bicyclic) bond motifs is 2. The van der Waals surface area contributed by atoms with Crippen LogP contribution in [-0.4, -0.2) is 54.4 Å². The Morgan fingerprint density at radius 3 is 2.86 bits per heavy atom. The second-order valence-electron chi connectivity index (χ2n) is 7.18. The highest BCUT2D eigenvalue weighted by Gasteiger charge is 2.56. The molecule has 2 saturated heterocycles. The lowest BCUT2D eigenvalue weighted by Crippen LogP contribution is -2.31. The molecule has 2 aliphatic heterocycles. The van der Waals surface area contributed by atoms with Gasteiger partial charge in [0.15, 0.2) is 22.8 Å². The van der Waals surface area contributed by atoms with E-state index in [9.17, 15) is 0 Å². The van der Waals surface area contributed by atoms with Crippen LogP contribution in [0.3, 0.4) is 0 Å². The molecule has 4 atom stereocenters. The quantitative estimate of drug-likeness (QED) is 0.451. The number of nitrogens with zero attached hydrogens (tertiary/aromatic N) is 5. The molecule has 2 fully saturated rings. The van der Waals surface area contributed by atoms with Gasteiger partial charge in [-0.2, -0.15) is 0 Å². The van der Waals surface area contributed by atoms with E-state index in [-0.39, 0.29) is 18.3 Å². The van der Waals surface area contributed by atoms with Gasteiger partial charge in [-0.25, -0.2) is 19.9 Å². The Balaban J connectivity index is 1.44. The number of hydrogen-bond acceptors (Lipinski definition) is 9. The molecular formula is C17H18ClN5O3S2. The van der Waals surface area contributed by atoms with Crippen molar-refractivity contribution in [2.45, 2.75) is 55.4 Å². The Hall–Kier alpha value is -1.30. The van der Waals surface area contributed by atoms with Crippen LogP contribution in [0.2, 0.25) is 5.15 Å². The van der Waals surface area contributed by atoms with Gasteiger partial charge in [0.25, 0.3) is 0 Å². The van der Waals surface area contributed by atoms with Crippen molar-refractivity contribution in [1.29, 1.82) is 0 Å². The second kappa shape index (κ2) is 6.89. The predicted octanol–water partition coefficient (Wildman–Crippen LogP) is 3.45. The van der Waals surface area contributed by atoms with Gasteiger partial charge < -0.3 is 14.2 Å². The van der Waals surface area contributed by atoms with Crippen molar-refractivity contribution < 1.29 is 14.2 Å². The van der Waals surface area contributed by atoms with E-state index in [4.69, 9.17) is 25.8 Å². The lowest BCUT2D eigenvalue weighted by atomic mass is 10.1. The number of thiazole rings is 1. The highest BCUT2D eigenvalue weighted by molar-refractivity contribution is 8.01. The molecule has 8 nitrogen and oxygen atoms in total. The molecular weight excluding hydrogens is 422 g/mol. The van der Waals surface area contributed by atoms with Crippen LogP contribution < -0.4 is 0 Å². The molecule has 28 heavy (non-hydrogen) atoms. The Labute approximate surface area is 174 Å². The molecule has 2 aliphatic rings. The van der Waals surface area contributed by atoms with Gasteiger partial charge in [0.2, 0.25) is 0 Å². The maximum Gasteiger partial charge on any atom is 0.167 e. The minimum Gasteiger partial charge on any atom is -0.348 e. The molecule has 0 unspecified atom stereocenters. The van der Waals surface area contributed by atoms with Crippen LogP contribution in [0.5, 0.6) is 0 Å². The standard InChI is InChI=1S/C17H18ClN5O3S2/c1-8-4-27-16(22-8)28-5-9-11-12(26-17(2,3)25-11)15(24-9)23-7-21-10-13(18)19-6-20-14(10)23/h4,6-7,9,11-12,15H,5H2,1-3H3/t9-,11+,12-,15-/m1/s1. The van der Waals surface area contributed by atoms with Gasteiger partial charge in [-0.1, -0.05) is 23.4 Å². The maximum absolute atomic E-state index is 6.37. The first-order valence-corrected chi connectivity index (χ1v) is 11.0. The molecule has 0 amide bonds. The lowest BCUT2D eigenvalue weighted by Gasteiger charge is -2.24. The number of thioether (sulfide) groups is 1. The average Bonchev–Trinajstić information content (AvgIpc) is 3.37. The van der Waals surface area contributed by atoms with Crippen LogP contribution in [0.25, 0.3) is 11.2 Å². The lowest BCUT2D eigenvalue weighted by molar-refractivity contribution is -0.193. The monoisotopic (exact) mass is 439 g/mol. The fourth-order valence-corrected chi connectivity index (χ4v) is 5.68. The zero-order valence-corrected chi connectivity index (χ0v) is 17.8. The van der Waals surface area contributed by atoms with Crippen molar-refractivity contribution >= 4 is 45.9 Å². The Bertz CT molecular complexity index is 1030. The van der Waals surface area contributed by atoms with Gasteiger partial charge in [0.05, 0.1) is 12.4 Å². The number of hydrogen-bond donors (Lipinski definition) is 0. The van der Waals surface area contributed by atoms with E-state index in [1.54, 1.807) is 29.4 Å². The largest absolute Gasteiger partial charge is 0.348 e. The summed E-state index contributed by atoms with van der Waals surface area (Å²) in [5.41, 5.74) is 2.18. The number of halogens is 1. The summed E-state index contributed by atoms with van der Waals surface area (Å²) >= 11 is 9.45. The summed E-state index contributed by atoms with van der Waals surface area (Å²) in [6.07, 6.45) is 2.06. The minimum absolute atomic E-state index is 0.152. The van der Waals surface area contributed by atoms with E-state index in [0.717, 1.165) is 10.0 Å². The van der Waals surface area contributed by atoms with Crippen LogP contribution in [0.15, 0.2) is 22.4 Å². The third-order valence-electron chi connectivity index (χ3n) is 4.68. The molecule has 5 rings (SSSR count). The Morgan fingerprint density at radius 1 is 1.25 bits per heavy atom. The SMILES string of the molecule is Cc1csc(SC[C@H]2O[C@@H](n3cnc4c(Cl)ncnc43)[C@@H]3OC(C)(C)O[C@H]32)n1.